The summed E-state index contributed by atoms with van der Waals surface area (Å²) in [5.74, 6) is 0.936. The number of carbonyl (C=O) groups is 1. The Balaban J connectivity index is 1.72. The fourth-order valence-corrected chi connectivity index (χ4v) is 3.03. The van der Waals surface area contributed by atoms with E-state index in [2.05, 4.69) is 47.6 Å². The van der Waals surface area contributed by atoms with Crippen LogP contribution in [0.3, 0.4) is 0 Å². The molecule has 4 nitrogen and oxygen atoms in total. The van der Waals surface area contributed by atoms with Crippen LogP contribution in [0, 0.1) is 5.92 Å². The first kappa shape index (κ1) is 16.0. The average Bonchev–Trinajstić information content (AvgIpc) is 2.49. The Labute approximate surface area is 128 Å². The Morgan fingerprint density at radius 3 is 2.57 bits per heavy atom. The maximum Gasteiger partial charge on any atom is 0.236 e. The van der Waals surface area contributed by atoms with Gasteiger partial charge in [0.25, 0.3) is 0 Å². The van der Waals surface area contributed by atoms with Gasteiger partial charge < -0.3 is 15.1 Å². The lowest BCUT2D eigenvalue weighted by Gasteiger charge is -2.34. The van der Waals surface area contributed by atoms with Crippen molar-refractivity contribution in [3.63, 3.8) is 0 Å². The number of carbonyl (C=O) groups excluding carboxylic acids is 1. The monoisotopic (exact) mass is 289 g/mol. The van der Waals surface area contributed by atoms with E-state index in [-0.39, 0.29) is 5.91 Å². The van der Waals surface area contributed by atoms with E-state index in [0.29, 0.717) is 12.5 Å². The van der Waals surface area contributed by atoms with Crippen LogP contribution < -0.4 is 5.32 Å². The van der Waals surface area contributed by atoms with Crippen LogP contribution in [0.25, 0.3) is 0 Å². The van der Waals surface area contributed by atoms with Crippen LogP contribution in [-0.2, 0) is 11.3 Å². The van der Waals surface area contributed by atoms with E-state index in [1.807, 2.05) is 11.9 Å². The number of likely N-dealkylation sites (N-methyl/N-ethyl adjacent to an activating group) is 1. The third-order valence-electron chi connectivity index (χ3n) is 4.16. The molecule has 1 amide bonds. The highest BCUT2D eigenvalue weighted by atomic mass is 16.2. The molecule has 0 unspecified atom stereocenters. The van der Waals surface area contributed by atoms with Crippen LogP contribution in [0.4, 0.5) is 0 Å². The number of likely N-dealkylation sites (tertiary alicyclic amines) is 1. The lowest BCUT2D eigenvalue weighted by molar-refractivity contribution is -0.131. The zero-order chi connectivity index (χ0) is 15.1. The molecule has 2 rings (SSSR count). The van der Waals surface area contributed by atoms with Gasteiger partial charge in [-0.2, -0.15) is 0 Å². The molecule has 1 aromatic rings. The van der Waals surface area contributed by atoms with Crippen molar-refractivity contribution in [3.8, 4) is 0 Å². The number of nitrogens with one attached hydrogen (secondary N) is 1. The number of nitrogens with zero attached hydrogens (tertiary/aromatic N) is 2. The van der Waals surface area contributed by atoms with Gasteiger partial charge in [0.2, 0.25) is 5.91 Å². The third-order valence-corrected chi connectivity index (χ3v) is 4.16. The Kier molecular flexibility index (Phi) is 6.21. The van der Waals surface area contributed by atoms with Crippen molar-refractivity contribution in [3.05, 3.63) is 35.9 Å². The van der Waals surface area contributed by atoms with E-state index in [1.165, 1.54) is 5.56 Å². The molecule has 1 N–H and O–H groups in total. The van der Waals surface area contributed by atoms with Gasteiger partial charge in [-0.05, 0) is 38.4 Å². The largest absolute Gasteiger partial charge is 0.342 e. The summed E-state index contributed by atoms with van der Waals surface area (Å²) >= 11 is 0. The summed E-state index contributed by atoms with van der Waals surface area (Å²) in [7, 11) is 4.01. The fourth-order valence-electron chi connectivity index (χ4n) is 3.03. The SMILES string of the molecule is CNCC(=O)N1CCC(CN(C)Cc2ccccc2)CC1. The van der Waals surface area contributed by atoms with Crippen molar-refractivity contribution in [2.24, 2.45) is 5.92 Å². The number of amides is 1. The second kappa shape index (κ2) is 8.15. The zero-order valence-corrected chi connectivity index (χ0v) is 13.2. The van der Waals surface area contributed by atoms with E-state index in [0.717, 1.165) is 39.0 Å². The molecule has 0 bridgehead atoms. The van der Waals surface area contributed by atoms with Crippen molar-refractivity contribution in [1.29, 1.82) is 0 Å². The van der Waals surface area contributed by atoms with Gasteiger partial charge in [-0.1, -0.05) is 30.3 Å². The highest BCUT2D eigenvalue weighted by Crippen LogP contribution is 2.18. The summed E-state index contributed by atoms with van der Waals surface area (Å²) in [5.41, 5.74) is 1.36. The normalized spacial score (nSPS) is 16.4. The molecule has 0 saturated carbocycles. The minimum atomic E-state index is 0.230. The highest BCUT2D eigenvalue weighted by molar-refractivity contribution is 5.78. The quantitative estimate of drug-likeness (QED) is 0.863. The van der Waals surface area contributed by atoms with Crippen molar-refractivity contribution >= 4 is 5.91 Å². The lowest BCUT2D eigenvalue weighted by Crippen LogP contribution is -2.43. The van der Waals surface area contributed by atoms with Crippen molar-refractivity contribution in [2.45, 2.75) is 19.4 Å². The summed E-state index contributed by atoms with van der Waals surface area (Å²) in [5, 5.41) is 2.94. The Morgan fingerprint density at radius 2 is 1.95 bits per heavy atom. The smallest absolute Gasteiger partial charge is 0.236 e. The number of piperidine rings is 1. The van der Waals surface area contributed by atoms with E-state index >= 15 is 0 Å². The molecular formula is C17H27N3O. The van der Waals surface area contributed by atoms with Crippen molar-refractivity contribution in [2.75, 3.05) is 40.3 Å². The van der Waals surface area contributed by atoms with Gasteiger partial charge in [0.1, 0.15) is 0 Å². The summed E-state index contributed by atoms with van der Waals surface area (Å²) < 4.78 is 0. The first-order chi connectivity index (χ1) is 10.2. The first-order valence-corrected chi connectivity index (χ1v) is 7.84. The summed E-state index contributed by atoms with van der Waals surface area (Å²) in [6.45, 7) is 4.38. The number of hydrogen-bond donors (Lipinski definition) is 1. The van der Waals surface area contributed by atoms with Gasteiger partial charge in [0, 0.05) is 26.2 Å². The molecule has 1 aliphatic rings. The Hall–Kier alpha value is -1.39. The predicted octanol–water partition coefficient (Wildman–Crippen LogP) is 1.58. The van der Waals surface area contributed by atoms with Crippen LogP contribution in [0.1, 0.15) is 18.4 Å². The summed E-state index contributed by atoms with van der Waals surface area (Å²) in [4.78, 5) is 16.2. The molecule has 116 valence electrons. The van der Waals surface area contributed by atoms with Gasteiger partial charge >= 0.3 is 0 Å². The molecule has 0 aliphatic carbocycles. The summed E-state index contributed by atoms with van der Waals surface area (Å²) in [6.07, 6.45) is 2.24. The molecular weight excluding hydrogens is 262 g/mol. The van der Waals surface area contributed by atoms with E-state index in [1.54, 1.807) is 0 Å². The van der Waals surface area contributed by atoms with Gasteiger partial charge in [-0.15, -0.1) is 0 Å². The molecule has 0 atom stereocenters. The molecule has 1 aliphatic heterocycles. The van der Waals surface area contributed by atoms with E-state index in [4.69, 9.17) is 0 Å². The fraction of sp³-hybridized carbons (Fsp3) is 0.588. The van der Waals surface area contributed by atoms with Crippen LogP contribution in [0.2, 0.25) is 0 Å². The van der Waals surface area contributed by atoms with Crippen molar-refractivity contribution in [1.82, 2.24) is 15.1 Å². The number of benzene rings is 1. The van der Waals surface area contributed by atoms with Crippen LogP contribution in [0.15, 0.2) is 30.3 Å². The molecule has 0 radical (unpaired) electrons. The second-order valence-electron chi connectivity index (χ2n) is 6.04. The van der Waals surface area contributed by atoms with Crippen molar-refractivity contribution < 1.29 is 4.79 Å². The molecule has 0 spiro atoms. The zero-order valence-electron chi connectivity index (χ0n) is 13.2. The van der Waals surface area contributed by atoms with E-state index in [9.17, 15) is 4.79 Å². The maximum atomic E-state index is 11.8. The highest BCUT2D eigenvalue weighted by Gasteiger charge is 2.23. The Morgan fingerprint density at radius 1 is 1.29 bits per heavy atom. The van der Waals surface area contributed by atoms with Crippen LogP contribution in [-0.4, -0.2) is 56.0 Å². The first-order valence-electron chi connectivity index (χ1n) is 7.84. The van der Waals surface area contributed by atoms with Gasteiger partial charge in [0.05, 0.1) is 6.54 Å². The molecule has 1 saturated heterocycles. The number of hydrogen-bond acceptors (Lipinski definition) is 3. The molecule has 21 heavy (non-hydrogen) atoms. The van der Waals surface area contributed by atoms with E-state index < -0.39 is 0 Å². The minimum absolute atomic E-state index is 0.230. The molecule has 1 aromatic carbocycles. The van der Waals surface area contributed by atoms with Crippen LogP contribution in [0.5, 0.6) is 0 Å². The maximum absolute atomic E-state index is 11.8. The topological polar surface area (TPSA) is 35.6 Å². The molecule has 0 aromatic heterocycles. The predicted molar refractivity (Wildman–Crippen MR) is 86.0 cm³/mol. The molecule has 1 heterocycles. The average molecular weight is 289 g/mol. The molecule has 1 fully saturated rings. The lowest BCUT2D eigenvalue weighted by atomic mass is 9.96. The number of rotatable bonds is 6. The van der Waals surface area contributed by atoms with Gasteiger partial charge in [-0.25, -0.2) is 0 Å². The summed E-state index contributed by atoms with van der Waals surface area (Å²) in [6, 6.07) is 10.6. The molecule has 4 heteroatoms. The standard InChI is InChI=1S/C17H27N3O/c1-18-12-17(21)20-10-8-16(9-11-20)14-19(2)13-15-6-4-3-5-7-15/h3-7,16,18H,8-14H2,1-2H3. The van der Waals surface area contributed by atoms with Crippen LogP contribution >= 0.6 is 0 Å². The second-order valence-corrected chi connectivity index (χ2v) is 6.04. The Bertz CT molecular complexity index is 427. The minimum Gasteiger partial charge on any atom is -0.342 e. The van der Waals surface area contributed by atoms with Gasteiger partial charge in [0.15, 0.2) is 0 Å². The van der Waals surface area contributed by atoms with Gasteiger partial charge in [-0.3, -0.25) is 4.79 Å². The third kappa shape index (κ3) is 5.14.